The summed E-state index contributed by atoms with van der Waals surface area (Å²) in [4.78, 5) is 12.0. The van der Waals surface area contributed by atoms with Gasteiger partial charge >= 0.3 is 0 Å². The fraction of sp³-hybridized carbons (Fsp3) is 0.0556. The van der Waals surface area contributed by atoms with Crippen LogP contribution in [0.25, 0.3) is 11.3 Å². The number of carbonyl (C=O) groups is 1. The molecule has 120 valence electrons. The van der Waals surface area contributed by atoms with E-state index >= 15 is 0 Å². The predicted molar refractivity (Wildman–Crippen MR) is 101 cm³/mol. The summed E-state index contributed by atoms with van der Waals surface area (Å²) in [5.74, 6) is 0.214. The first-order valence-corrected chi connectivity index (χ1v) is 9.06. The number of aromatic nitrogens is 2. The van der Waals surface area contributed by atoms with Gasteiger partial charge in [0.25, 0.3) is 0 Å². The molecule has 0 spiro atoms. The van der Waals surface area contributed by atoms with E-state index in [1.807, 2.05) is 66.7 Å². The second kappa shape index (κ2) is 8.08. The fourth-order valence-electron chi connectivity index (χ4n) is 2.03. The molecule has 0 bridgehead atoms. The summed E-state index contributed by atoms with van der Waals surface area (Å²) in [6.45, 7) is 0. The van der Waals surface area contributed by atoms with Gasteiger partial charge in [0.2, 0.25) is 5.91 Å². The highest BCUT2D eigenvalue weighted by atomic mass is 79.9. The summed E-state index contributed by atoms with van der Waals surface area (Å²) in [7, 11) is 0. The smallest absolute Gasteiger partial charge is 0.234 e. The molecule has 3 aromatic rings. The van der Waals surface area contributed by atoms with Crippen LogP contribution < -0.4 is 5.32 Å². The Hall–Kier alpha value is -2.18. The summed E-state index contributed by atoms with van der Waals surface area (Å²) in [6.07, 6.45) is 0. The first kappa shape index (κ1) is 16.7. The number of nitrogens with zero attached hydrogens (tertiary/aromatic N) is 2. The van der Waals surface area contributed by atoms with Gasteiger partial charge in [-0.2, -0.15) is 0 Å². The van der Waals surface area contributed by atoms with Gasteiger partial charge in [0, 0.05) is 15.7 Å². The molecule has 0 aliphatic heterocycles. The molecule has 0 saturated carbocycles. The first-order chi connectivity index (χ1) is 11.7. The summed E-state index contributed by atoms with van der Waals surface area (Å²) in [5.41, 5.74) is 2.61. The minimum atomic E-state index is -0.0729. The number of hydrogen-bond donors (Lipinski definition) is 1. The number of anilines is 1. The number of thioether (sulfide) groups is 1. The van der Waals surface area contributed by atoms with Crippen molar-refractivity contribution in [3.05, 3.63) is 71.2 Å². The van der Waals surface area contributed by atoms with Gasteiger partial charge in [-0.1, -0.05) is 58.0 Å². The Morgan fingerprint density at radius 1 is 0.958 bits per heavy atom. The molecule has 0 unspecified atom stereocenters. The molecule has 1 N–H and O–H groups in total. The summed E-state index contributed by atoms with van der Waals surface area (Å²) in [5, 5.41) is 12.0. The Kier molecular flexibility index (Phi) is 5.61. The zero-order valence-corrected chi connectivity index (χ0v) is 15.0. The van der Waals surface area contributed by atoms with E-state index in [2.05, 4.69) is 31.4 Å². The van der Waals surface area contributed by atoms with Crippen molar-refractivity contribution in [2.75, 3.05) is 11.1 Å². The minimum absolute atomic E-state index is 0.0729. The van der Waals surface area contributed by atoms with E-state index in [1.165, 1.54) is 11.8 Å². The molecule has 1 amide bonds. The largest absolute Gasteiger partial charge is 0.325 e. The van der Waals surface area contributed by atoms with Gasteiger partial charge in [-0.25, -0.2) is 0 Å². The molecule has 3 rings (SSSR count). The first-order valence-electron chi connectivity index (χ1n) is 7.28. The lowest BCUT2D eigenvalue weighted by atomic mass is 10.1. The Morgan fingerprint density at radius 2 is 1.71 bits per heavy atom. The van der Waals surface area contributed by atoms with Gasteiger partial charge in [-0.05, 0) is 36.4 Å². The zero-order chi connectivity index (χ0) is 16.8. The van der Waals surface area contributed by atoms with Gasteiger partial charge in [-0.3, -0.25) is 4.79 Å². The maximum atomic E-state index is 12.0. The second-order valence-electron chi connectivity index (χ2n) is 4.97. The number of carbonyl (C=O) groups excluding carboxylic acids is 1. The van der Waals surface area contributed by atoms with Crippen molar-refractivity contribution in [3.63, 3.8) is 0 Å². The molecular formula is C18H14BrN3OS. The van der Waals surface area contributed by atoms with Crippen molar-refractivity contribution in [2.24, 2.45) is 0 Å². The van der Waals surface area contributed by atoms with Crippen LogP contribution in [0.5, 0.6) is 0 Å². The maximum Gasteiger partial charge on any atom is 0.234 e. The molecule has 0 radical (unpaired) electrons. The van der Waals surface area contributed by atoms with Crippen molar-refractivity contribution in [1.29, 1.82) is 0 Å². The molecule has 0 saturated heterocycles. The molecule has 24 heavy (non-hydrogen) atoms. The number of rotatable bonds is 5. The van der Waals surface area contributed by atoms with E-state index < -0.39 is 0 Å². The van der Waals surface area contributed by atoms with Crippen LogP contribution in [0.3, 0.4) is 0 Å². The summed E-state index contributed by atoms with van der Waals surface area (Å²) >= 11 is 4.72. The van der Waals surface area contributed by atoms with E-state index in [1.54, 1.807) is 0 Å². The number of benzene rings is 2. The molecule has 0 aliphatic rings. The van der Waals surface area contributed by atoms with E-state index in [-0.39, 0.29) is 11.7 Å². The number of halogens is 1. The van der Waals surface area contributed by atoms with Crippen LogP contribution in [-0.4, -0.2) is 21.9 Å². The quantitative estimate of drug-likeness (QED) is 0.635. The van der Waals surface area contributed by atoms with Crippen molar-refractivity contribution in [3.8, 4) is 11.3 Å². The highest BCUT2D eigenvalue weighted by molar-refractivity contribution is 9.10. The van der Waals surface area contributed by atoms with Crippen LogP contribution in [0.15, 0.2) is 76.2 Å². The molecule has 2 aromatic carbocycles. The fourth-order valence-corrected chi connectivity index (χ4v) is 2.91. The maximum absolute atomic E-state index is 12.0. The average molecular weight is 400 g/mol. The molecule has 0 fully saturated rings. The van der Waals surface area contributed by atoms with E-state index in [0.29, 0.717) is 0 Å². The van der Waals surface area contributed by atoms with Gasteiger partial charge in [-0.15, -0.1) is 10.2 Å². The van der Waals surface area contributed by atoms with E-state index in [0.717, 1.165) is 26.4 Å². The monoisotopic (exact) mass is 399 g/mol. The standard InChI is InChI=1S/C18H14BrN3OS/c19-14-6-8-15(9-7-14)20-17(23)12-24-18-11-10-16(21-22-18)13-4-2-1-3-5-13/h1-11H,12H2,(H,20,23). The topological polar surface area (TPSA) is 54.9 Å². The van der Waals surface area contributed by atoms with Gasteiger partial charge in [0.1, 0.15) is 5.03 Å². The van der Waals surface area contributed by atoms with Gasteiger partial charge in [0.05, 0.1) is 11.4 Å². The van der Waals surface area contributed by atoms with Crippen molar-refractivity contribution < 1.29 is 4.79 Å². The third kappa shape index (κ3) is 4.66. The van der Waals surface area contributed by atoms with Gasteiger partial charge < -0.3 is 5.32 Å². The lowest BCUT2D eigenvalue weighted by molar-refractivity contribution is -0.113. The Balaban J connectivity index is 1.54. The van der Waals surface area contributed by atoms with Crippen LogP contribution in [-0.2, 0) is 4.79 Å². The van der Waals surface area contributed by atoms with Crippen molar-refractivity contribution in [1.82, 2.24) is 10.2 Å². The SMILES string of the molecule is O=C(CSc1ccc(-c2ccccc2)nn1)Nc1ccc(Br)cc1. The summed E-state index contributed by atoms with van der Waals surface area (Å²) in [6, 6.07) is 21.1. The van der Waals surface area contributed by atoms with Gasteiger partial charge in [0.15, 0.2) is 0 Å². The lowest BCUT2D eigenvalue weighted by Gasteiger charge is -2.05. The normalized spacial score (nSPS) is 10.4. The zero-order valence-electron chi connectivity index (χ0n) is 12.6. The Morgan fingerprint density at radius 3 is 2.38 bits per heavy atom. The van der Waals surface area contributed by atoms with Crippen molar-refractivity contribution >= 4 is 39.3 Å². The average Bonchev–Trinajstić information content (AvgIpc) is 2.63. The van der Waals surface area contributed by atoms with Crippen LogP contribution in [0.4, 0.5) is 5.69 Å². The third-order valence-corrected chi connectivity index (χ3v) is 4.64. The third-order valence-electron chi connectivity index (χ3n) is 3.19. The summed E-state index contributed by atoms with van der Waals surface area (Å²) < 4.78 is 0.976. The van der Waals surface area contributed by atoms with Crippen LogP contribution in [0.1, 0.15) is 0 Å². The van der Waals surface area contributed by atoms with Crippen LogP contribution in [0.2, 0.25) is 0 Å². The minimum Gasteiger partial charge on any atom is -0.325 e. The van der Waals surface area contributed by atoms with Crippen molar-refractivity contribution in [2.45, 2.75) is 5.03 Å². The van der Waals surface area contributed by atoms with E-state index in [4.69, 9.17) is 0 Å². The molecular weight excluding hydrogens is 386 g/mol. The molecule has 6 heteroatoms. The molecule has 1 aromatic heterocycles. The Bertz CT molecular complexity index is 808. The molecule has 1 heterocycles. The molecule has 4 nitrogen and oxygen atoms in total. The highest BCUT2D eigenvalue weighted by Gasteiger charge is 2.06. The number of hydrogen-bond acceptors (Lipinski definition) is 4. The van der Waals surface area contributed by atoms with Crippen LogP contribution in [0, 0.1) is 0 Å². The molecule has 0 atom stereocenters. The predicted octanol–water partition coefficient (Wildman–Crippen LogP) is 4.64. The Labute approximate surface area is 152 Å². The molecule has 0 aliphatic carbocycles. The van der Waals surface area contributed by atoms with E-state index in [9.17, 15) is 4.79 Å². The number of amides is 1. The second-order valence-corrected chi connectivity index (χ2v) is 6.88. The number of nitrogens with one attached hydrogen (secondary N) is 1. The highest BCUT2D eigenvalue weighted by Crippen LogP contribution is 2.20. The van der Waals surface area contributed by atoms with Crippen LogP contribution >= 0.6 is 27.7 Å². The lowest BCUT2D eigenvalue weighted by Crippen LogP contribution is -2.14.